The van der Waals surface area contributed by atoms with Crippen LogP contribution in [0.5, 0.6) is 0 Å². The van der Waals surface area contributed by atoms with Crippen LogP contribution >= 0.6 is 28.3 Å². The highest BCUT2D eigenvalue weighted by atomic mass is 79.9. The van der Waals surface area contributed by atoms with Gasteiger partial charge in [0.25, 0.3) is 0 Å². The Hall–Kier alpha value is -0.650. The molecule has 0 fully saturated rings. The SMILES string of the molecule is COC(=O)C(N)c1cc(Br)ccc1F.Cl. The Morgan fingerprint density at radius 2 is 2.20 bits per heavy atom. The molecular weight excluding hydrogens is 288 g/mol. The number of hydrogen-bond donors (Lipinski definition) is 1. The summed E-state index contributed by atoms with van der Waals surface area (Å²) in [6.45, 7) is 0. The molecule has 3 nitrogen and oxygen atoms in total. The van der Waals surface area contributed by atoms with Gasteiger partial charge in [0.15, 0.2) is 0 Å². The third kappa shape index (κ3) is 3.44. The van der Waals surface area contributed by atoms with E-state index >= 15 is 0 Å². The van der Waals surface area contributed by atoms with E-state index in [1.807, 2.05) is 0 Å². The molecule has 15 heavy (non-hydrogen) atoms. The van der Waals surface area contributed by atoms with Gasteiger partial charge in [-0.15, -0.1) is 12.4 Å². The standard InChI is InChI=1S/C9H9BrFNO2.ClH/c1-14-9(13)8(12)6-4-5(10)2-3-7(6)11;/h2-4,8H,12H2,1H3;1H. The van der Waals surface area contributed by atoms with E-state index in [1.54, 1.807) is 0 Å². The largest absolute Gasteiger partial charge is 0.468 e. The number of ether oxygens (including phenoxy) is 1. The number of carbonyl (C=O) groups excluding carboxylic acids is 1. The summed E-state index contributed by atoms with van der Waals surface area (Å²) in [6.07, 6.45) is 0. The van der Waals surface area contributed by atoms with E-state index in [1.165, 1.54) is 25.3 Å². The molecule has 84 valence electrons. The van der Waals surface area contributed by atoms with Crippen LogP contribution in [0.2, 0.25) is 0 Å². The number of hydrogen-bond acceptors (Lipinski definition) is 3. The minimum absolute atomic E-state index is 0. The highest BCUT2D eigenvalue weighted by Gasteiger charge is 2.19. The minimum Gasteiger partial charge on any atom is -0.468 e. The fourth-order valence-corrected chi connectivity index (χ4v) is 1.39. The monoisotopic (exact) mass is 297 g/mol. The van der Waals surface area contributed by atoms with Crippen LogP contribution in [0.25, 0.3) is 0 Å². The maximum Gasteiger partial charge on any atom is 0.327 e. The summed E-state index contributed by atoms with van der Waals surface area (Å²) in [6, 6.07) is 3.14. The number of carbonyl (C=O) groups is 1. The number of esters is 1. The first-order valence-corrected chi connectivity index (χ1v) is 4.64. The van der Waals surface area contributed by atoms with Crippen LogP contribution in [0.4, 0.5) is 4.39 Å². The topological polar surface area (TPSA) is 52.3 Å². The third-order valence-corrected chi connectivity index (χ3v) is 2.24. The number of rotatable bonds is 2. The second-order valence-electron chi connectivity index (χ2n) is 2.67. The molecule has 1 aromatic carbocycles. The molecule has 1 atom stereocenters. The van der Waals surface area contributed by atoms with Gasteiger partial charge in [-0.2, -0.15) is 0 Å². The predicted molar refractivity (Wildman–Crippen MR) is 60.3 cm³/mol. The van der Waals surface area contributed by atoms with Crippen LogP contribution < -0.4 is 5.73 Å². The molecule has 0 saturated carbocycles. The minimum atomic E-state index is -1.09. The van der Waals surface area contributed by atoms with E-state index in [0.29, 0.717) is 4.47 Å². The fourth-order valence-electron chi connectivity index (χ4n) is 1.01. The smallest absolute Gasteiger partial charge is 0.327 e. The third-order valence-electron chi connectivity index (χ3n) is 1.75. The van der Waals surface area contributed by atoms with Crippen LogP contribution in [-0.2, 0) is 9.53 Å². The molecule has 0 saturated heterocycles. The maximum atomic E-state index is 13.2. The Morgan fingerprint density at radius 3 is 2.73 bits per heavy atom. The first kappa shape index (κ1) is 14.3. The molecule has 0 aliphatic carbocycles. The van der Waals surface area contributed by atoms with Gasteiger partial charge in [-0.3, -0.25) is 4.79 Å². The van der Waals surface area contributed by atoms with E-state index in [-0.39, 0.29) is 18.0 Å². The summed E-state index contributed by atoms with van der Waals surface area (Å²) in [7, 11) is 1.21. The number of halogens is 3. The predicted octanol–water partition coefficient (Wildman–Crippen LogP) is 2.18. The molecule has 0 heterocycles. The molecular formula is C9H10BrClFNO2. The lowest BCUT2D eigenvalue weighted by Gasteiger charge is -2.10. The lowest BCUT2D eigenvalue weighted by molar-refractivity contribution is -0.142. The van der Waals surface area contributed by atoms with E-state index in [9.17, 15) is 9.18 Å². The van der Waals surface area contributed by atoms with Gasteiger partial charge < -0.3 is 10.5 Å². The average molecular weight is 299 g/mol. The Balaban J connectivity index is 0.00000196. The first-order chi connectivity index (χ1) is 6.56. The fraction of sp³-hybridized carbons (Fsp3) is 0.222. The zero-order valence-corrected chi connectivity index (χ0v) is 10.3. The maximum absolute atomic E-state index is 13.2. The van der Waals surface area contributed by atoms with Crippen LogP contribution in [0.15, 0.2) is 22.7 Å². The van der Waals surface area contributed by atoms with Gasteiger partial charge in [0, 0.05) is 10.0 Å². The first-order valence-electron chi connectivity index (χ1n) is 3.84. The van der Waals surface area contributed by atoms with Crippen molar-refractivity contribution in [2.45, 2.75) is 6.04 Å². The molecule has 1 unspecified atom stereocenters. The lowest BCUT2D eigenvalue weighted by atomic mass is 10.1. The number of methoxy groups -OCH3 is 1. The van der Waals surface area contributed by atoms with Crippen molar-refractivity contribution < 1.29 is 13.9 Å². The number of benzene rings is 1. The Kier molecular flexibility index (Phi) is 5.79. The summed E-state index contributed by atoms with van der Waals surface area (Å²) in [5.74, 6) is -1.19. The average Bonchev–Trinajstić information content (AvgIpc) is 2.19. The molecule has 1 aromatic rings. The lowest BCUT2D eigenvalue weighted by Crippen LogP contribution is -2.23. The highest BCUT2D eigenvalue weighted by Crippen LogP contribution is 2.20. The molecule has 0 aliphatic heterocycles. The van der Waals surface area contributed by atoms with Crippen molar-refractivity contribution in [3.8, 4) is 0 Å². The van der Waals surface area contributed by atoms with Crippen molar-refractivity contribution >= 4 is 34.3 Å². The van der Waals surface area contributed by atoms with Gasteiger partial charge in [-0.25, -0.2) is 4.39 Å². The van der Waals surface area contributed by atoms with Gasteiger partial charge in [-0.05, 0) is 18.2 Å². The van der Waals surface area contributed by atoms with Crippen molar-refractivity contribution in [1.82, 2.24) is 0 Å². The zero-order valence-electron chi connectivity index (χ0n) is 7.87. The van der Waals surface area contributed by atoms with E-state index < -0.39 is 17.8 Å². The summed E-state index contributed by atoms with van der Waals surface area (Å²) in [5, 5.41) is 0. The van der Waals surface area contributed by atoms with Gasteiger partial charge in [0.2, 0.25) is 0 Å². The molecule has 0 radical (unpaired) electrons. The van der Waals surface area contributed by atoms with Gasteiger partial charge in [0.05, 0.1) is 7.11 Å². The van der Waals surface area contributed by atoms with E-state index in [2.05, 4.69) is 20.7 Å². The van der Waals surface area contributed by atoms with E-state index in [4.69, 9.17) is 5.73 Å². The van der Waals surface area contributed by atoms with Gasteiger partial charge in [-0.1, -0.05) is 15.9 Å². The molecule has 0 aliphatic rings. The van der Waals surface area contributed by atoms with Crippen LogP contribution in [0.3, 0.4) is 0 Å². The molecule has 0 amide bonds. The van der Waals surface area contributed by atoms with Crippen LogP contribution in [0, 0.1) is 5.82 Å². The normalized spacial score (nSPS) is 11.5. The summed E-state index contributed by atoms with van der Waals surface area (Å²) < 4.78 is 18.3. The van der Waals surface area contributed by atoms with Gasteiger partial charge >= 0.3 is 5.97 Å². The Bertz CT molecular complexity index is 362. The molecule has 0 bridgehead atoms. The summed E-state index contributed by atoms with van der Waals surface area (Å²) >= 11 is 3.16. The summed E-state index contributed by atoms with van der Waals surface area (Å²) in [4.78, 5) is 11.0. The second kappa shape index (κ2) is 6.05. The molecule has 6 heteroatoms. The van der Waals surface area contributed by atoms with Crippen molar-refractivity contribution in [3.05, 3.63) is 34.1 Å². The van der Waals surface area contributed by atoms with Gasteiger partial charge in [0.1, 0.15) is 11.9 Å². The molecule has 0 spiro atoms. The highest BCUT2D eigenvalue weighted by molar-refractivity contribution is 9.10. The van der Waals surface area contributed by atoms with Crippen LogP contribution in [0.1, 0.15) is 11.6 Å². The van der Waals surface area contributed by atoms with Crippen molar-refractivity contribution in [3.63, 3.8) is 0 Å². The van der Waals surface area contributed by atoms with E-state index in [0.717, 1.165) is 0 Å². The second-order valence-corrected chi connectivity index (χ2v) is 3.58. The summed E-state index contributed by atoms with van der Waals surface area (Å²) in [5.41, 5.74) is 5.60. The molecule has 0 aromatic heterocycles. The molecule has 1 rings (SSSR count). The molecule has 2 N–H and O–H groups in total. The Morgan fingerprint density at radius 1 is 1.60 bits per heavy atom. The quantitative estimate of drug-likeness (QED) is 0.852. The van der Waals surface area contributed by atoms with Crippen LogP contribution in [-0.4, -0.2) is 13.1 Å². The van der Waals surface area contributed by atoms with Crippen molar-refractivity contribution in [2.75, 3.05) is 7.11 Å². The number of nitrogens with two attached hydrogens (primary N) is 1. The van der Waals surface area contributed by atoms with Crippen molar-refractivity contribution in [2.24, 2.45) is 5.73 Å². The van der Waals surface area contributed by atoms with Crippen molar-refractivity contribution in [1.29, 1.82) is 0 Å². The Labute approximate surface area is 101 Å². The zero-order chi connectivity index (χ0) is 10.7.